The van der Waals surface area contributed by atoms with Gasteiger partial charge in [0.05, 0.1) is 5.56 Å². The zero-order valence-corrected chi connectivity index (χ0v) is 12.6. The van der Waals surface area contributed by atoms with Gasteiger partial charge in [-0.25, -0.2) is 0 Å². The van der Waals surface area contributed by atoms with Crippen LogP contribution in [0.1, 0.15) is 55.8 Å². The molecule has 1 aliphatic heterocycles. The number of nitrogens with zero attached hydrogens (tertiary/aromatic N) is 1. The van der Waals surface area contributed by atoms with Crippen LogP contribution in [-0.4, -0.2) is 17.5 Å². The van der Waals surface area contributed by atoms with E-state index in [1.54, 1.807) is 6.07 Å². The molecule has 116 valence electrons. The Morgan fingerprint density at radius 1 is 1.33 bits per heavy atom. The van der Waals surface area contributed by atoms with Gasteiger partial charge in [0.1, 0.15) is 0 Å². The van der Waals surface area contributed by atoms with Gasteiger partial charge in [-0.2, -0.15) is 13.2 Å². The number of fused-ring (bicyclic) bond motifs is 3. The summed E-state index contributed by atoms with van der Waals surface area (Å²) in [5, 5.41) is 0. The fourth-order valence-electron chi connectivity index (χ4n) is 4.01. The van der Waals surface area contributed by atoms with Gasteiger partial charge in [0.15, 0.2) is 0 Å². The largest absolute Gasteiger partial charge is 0.416 e. The summed E-state index contributed by atoms with van der Waals surface area (Å²) in [6.07, 6.45) is -0.0610. The number of piperidine rings is 1. The Morgan fingerprint density at radius 2 is 2.10 bits per heavy atom. The topological polar surface area (TPSA) is 3.24 Å². The van der Waals surface area contributed by atoms with Crippen LogP contribution >= 0.6 is 0 Å². The minimum absolute atomic E-state index is 0.325. The predicted molar refractivity (Wildman–Crippen MR) is 77.1 cm³/mol. The average Bonchev–Trinajstić information content (AvgIpc) is 2.82. The van der Waals surface area contributed by atoms with E-state index in [1.807, 2.05) is 0 Å². The van der Waals surface area contributed by atoms with Crippen LogP contribution in [0.2, 0.25) is 0 Å². The van der Waals surface area contributed by atoms with E-state index >= 15 is 0 Å². The van der Waals surface area contributed by atoms with Gasteiger partial charge in [-0.05, 0) is 68.3 Å². The summed E-state index contributed by atoms with van der Waals surface area (Å²) in [4.78, 5) is 2.51. The number of benzene rings is 1. The van der Waals surface area contributed by atoms with E-state index in [2.05, 4.69) is 18.7 Å². The standard InChI is InChI=1S/C17H22F3N/c1-3-11(2)21-8-4-5-12-9-13-10-14(17(18,19)20)6-7-15(13)16(12)21/h6-7,10-12,16H,3-5,8-9H2,1-2H3. The minimum Gasteiger partial charge on any atom is -0.293 e. The van der Waals surface area contributed by atoms with E-state index < -0.39 is 11.7 Å². The third-order valence-electron chi connectivity index (χ3n) is 5.22. The fourth-order valence-corrected chi connectivity index (χ4v) is 4.01. The lowest BCUT2D eigenvalue weighted by atomic mass is 9.88. The van der Waals surface area contributed by atoms with E-state index in [1.165, 1.54) is 12.1 Å². The number of alkyl halides is 3. The molecule has 21 heavy (non-hydrogen) atoms. The molecular weight excluding hydrogens is 275 g/mol. The van der Waals surface area contributed by atoms with E-state index in [0.29, 0.717) is 18.0 Å². The SMILES string of the molecule is CCC(C)N1CCCC2Cc3cc(C(F)(F)F)ccc3C21. The van der Waals surface area contributed by atoms with Crippen molar-refractivity contribution in [3.63, 3.8) is 0 Å². The molecule has 1 fully saturated rings. The van der Waals surface area contributed by atoms with E-state index in [-0.39, 0.29) is 0 Å². The second-order valence-corrected chi connectivity index (χ2v) is 6.46. The van der Waals surface area contributed by atoms with Crippen molar-refractivity contribution in [3.05, 3.63) is 34.9 Å². The highest BCUT2D eigenvalue weighted by Gasteiger charge is 2.41. The predicted octanol–water partition coefficient (Wildman–Crippen LogP) is 4.81. The van der Waals surface area contributed by atoms with Gasteiger partial charge in [0.2, 0.25) is 0 Å². The Hall–Kier alpha value is -1.03. The molecule has 0 amide bonds. The second-order valence-electron chi connectivity index (χ2n) is 6.46. The lowest BCUT2D eigenvalue weighted by molar-refractivity contribution is -0.137. The highest BCUT2D eigenvalue weighted by Crippen LogP contribution is 2.47. The third-order valence-corrected chi connectivity index (χ3v) is 5.22. The fraction of sp³-hybridized carbons (Fsp3) is 0.647. The average molecular weight is 297 g/mol. The van der Waals surface area contributed by atoms with Crippen molar-refractivity contribution in [3.8, 4) is 0 Å². The van der Waals surface area contributed by atoms with Gasteiger partial charge < -0.3 is 0 Å². The maximum absolute atomic E-state index is 12.9. The van der Waals surface area contributed by atoms with Crippen LogP contribution in [-0.2, 0) is 12.6 Å². The maximum Gasteiger partial charge on any atom is 0.416 e. The first kappa shape index (κ1) is 14.9. The molecule has 4 heteroatoms. The van der Waals surface area contributed by atoms with Crippen molar-refractivity contribution in [1.82, 2.24) is 4.90 Å². The number of hydrogen-bond donors (Lipinski definition) is 0. The summed E-state index contributed by atoms with van der Waals surface area (Å²) in [6, 6.07) is 5.17. The van der Waals surface area contributed by atoms with Crippen molar-refractivity contribution >= 4 is 0 Å². The van der Waals surface area contributed by atoms with Gasteiger partial charge in [-0.15, -0.1) is 0 Å². The normalized spacial score (nSPS) is 27.3. The molecule has 2 aliphatic rings. The molecule has 0 N–H and O–H groups in total. The van der Waals surface area contributed by atoms with Crippen molar-refractivity contribution < 1.29 is 13.2 Å². The van der Waals surface area contributed by atoms with Gasteiger partial charge in [0, 0.05) is 12.1 Å². The molecule has 0 spiro atoms. The summed E-state index contributed by atoms with van der Waals surface area (Å²) in [5.74, 6) is 0.492. The molecule has 3 atom stereocenters. The first-order valence-electron chi connectivity index (χ1n) is 7.87. The van der Waals surface area contributed by atoms with Crippen molar-refractivity contribution in [2.75, 3.05) is 6.54 Å². The lowest BCUT2D eigenvalue weighted by Gasteiger charge is -2.41. The molecule has 1 aliphatic carbocycles. The summed E-state index contributed by atoms with van der Waals surface area (Å²) < 4.78 is 38.6. The Labute approximate surface area is 124 Å². The number of halogens is 3. The Bertz CT molecular complexity index is 523. The molecule has 1 nitrogen and oxygen atoms in total. The van der Waals surface area contributed by atoms with Gasteiger partial charge >= 0.3 is 6.18 Å². The van der Waals surface area contributed by atoms with E-state index in [4.69, 9.17) is 0 Å². The van der Waals surface area contributed by atoms with Gasteiger partial charge in [-0.3, -0.25) is 4.90 Å². The van der Waals surface area contributed by atoms with Gasteiger partial charge in [0.25, 0.3) is 0 Å². The Kier molecular flexibility index (Phi) is 3.76. The highest BCUT2D eigenvalue weighted by molar-refractivity contribution is 5.40. The first-order valence-corrected chi connectivity index (χ1v) is 7.87. The minimum atomic E-state index is -4.24. The monoisotopic (exact) mass is 297 g/mol. The second kappa shape index (κ2) is 5.31. The quantitative estimate of drug-likeness (QED) is 0.757. The molecule has 3 rings (SSSR count). The van der Waals surface area contributed by atoms with Crippen molar-refractivity contribution in [2.24, 2.45) is 5.92 Å². The number of rotatable bonds is 2. The van der Waals surface area contributed by atoms with Crippen molar-refractivity contribution in [2.45, 2.75) is 57.8 Å². The maximum atomic E-state index is 12.9. The van der Waals surface area contributed by atoms with Crippen LogP contribution in [0.15, 0.2) is 18.2 Å². The molecule has 0 radical (unpaired) electrons. The third kappa shape index (κ3) is 2.59. The zero-order chi connectivity index (χ0) is 15.2. The number of hydrogen-bond acceptors (Lipinski definition) is 1. The van der Waals surface area contributed by atoms with Crippen molar-refractivity contribution in [1.29, 1.82) is 0 Å². The molecule has 1 heterocycles. The molecule has 0 saturated carbocycles. The molecule has 3 unspecified atom stereocenters. The lowest BCUT2D eigenvalue weighted by Crippen LogP contribution is -2.42. The van der Waals surface area contributed by atoms with Crippen LogP contribution in [0.5, 0.6) is 0 Å². The molecule has 1 aromatic rings. The van der Waals surface area contributed by atoms with Gasteiger partial charge in [-0.1, -0.05) is 13.0 Å². The highest BCUT2D eigenvalue weighted by atomic mass is 19.4. The Balaban J connectivity index is 1.96. The molecule has 1 aromatic carbocycles. The number of likely N-dealkylation sites (tertiary alicyclic amines) is 1. The first-order chi connectivity index (χ1) is 9.91. The summed E-state index contributed by atoms with van der Waals surface area (Å²) in [7, 11) is 0. The summed E-state index contributed by atoms with van der Waals surface area (Å²) in [5.41, 5.74) is 1.54. The molecule has 1 saturated heterocycles. The van der Waals surface area contributed by atoms with E-state index in [0.717, 1.165) is 43.4 Å². The summed E-state index contributed by atoms with van der Waals surface area (Å²) in [6.45, 7) is 5.47. The van der Waals surface area contributed by atoms with Crippen LogP contribution in [0, 0.1) is 5.92 Å². The molecule has 0 bridgehead atoms. The molecule has 0 aromatic heterocycles. The van der Waals surface area contributed by atoms with Crippen LogP contribution < -0.4 is 0 Å². The van der Waals surface area contributed by atoms with Crippen LogP contribution in [0.4, 0.5) is 13.2 Å². The zero-order valence-electron chi connectivity index (χ0n) is 12.6. The smallest absolute Gasteiger partial charge is 0.293 e. The molecular formula is C17H22F3N. The summed E-state index contributed by atoms with van der Waals surface area (Å²) >= 11 is 0. The van der Waals surface area contributed by atoms with Crippen LogP contribution in [0.25, 0.3) is 0 Å². The van der Waals surface area contributed by atoms with Crippen LogP contribution in [0.3, 0.4) is 0 Å². The Morgan fingerprint density at radius 3 is 2.76 bits per heavy atom. The van der Waals surface area contributed by atoms with E-state index in [9.17, 15) is 13.2 Å².